The molecule has 5 nitrogen and oxygen atoms in total. The molecule has 2 saturated heterocycles. The number of amidine groups is 1. The third-order valence-corrected chi connectivity index (χ3v) is 8.37. The van der Waals surface area contributed by atoms with Crippen LogP contribution in [0.3, 0.4) is 0 Å². The number of rotatable bonds is 3. The summed E-state index contributed by atoms with van der Waals surface area (Å²) in [6.07, 6.45) is -9.69. The predicted molar refractivity (Wildman–Crippen MR) is 105 cm³/mol. The van der Waals surface area contributed by atoms with Crippen molar-refractivity contribution in [3.8, 4) is 0 Å². The number of hydrogen-bond donors (Lipinski definition) is 0. The summed E-state index contributed by atoms with van der Waals surface area (Å²) >= 11 is 0.883. The van der Waals surface area contributed by atoms with Crippen molar-refractivity contribution in [1.82, 2.24) is 0 Å². The molecule has 0 bridgehead atoms. The molecule has 13 heteroatoms. The Kier molecular flexibility index (Phi) is 6.15. The number of halogens is 6. The zero-order valence-electron chi connectivity index (χ0n) is 16.3. The number of nitrogens with zero attached hydrogens (tertiary/aromatic N) is 2. The van der Waals surface area contributed by atoms with Crippen molar-refractivity contribution < 1.29 is 39.6 Å². The summed E-state index contributed by atoms with van der Waals surface area (Å²) in [5, 5.41) is -0.750. The molecule has 0 radical (unpaired) electrons. The van der Waals surface area contributed by atoms with E-state index in [1.54, 1.807) is 13.8 Å². The van der Waals surface area contributed by atoms with Gasteiger partial charge >= 0.3 is 12.4 Å². The van der Waals surface area contributed by atoms with Crippen LogP contribution in [0.25, 0.3) is 0 Å². The van der Waals surface area contributed by atoms with Gasteiger partial charge < -0.3 is 4.90 Å². The zero-order valence-corrected chi connectivity index (χ0v) is 17.9. The van der Waals surface area contributed by atoms with E-state index in [1.165, 1.54) is 0 Å². The number of amides is 1. The molecule has 2 aliphatic heterocycles. The standard InChI is InChI=1S/C18H18F6N2O3S2/c1-3-9(2)15(27)25-16-26(13-7-31(28,29)8-14(13)30-16)12-5-10(17(19,20)21)4-11(6-12)18(22,23)24/h4-6,9,13-14H,3,7-8H2,1-2H3/t9-,13-,14+/m1/s1. The summed E-state index contributed by atoms with van der Waals surface area (Å²) in [4.78, 5) is 17.3. The van der Waals surface area contributed by atoms with E-state index in [0.29, 0.717) is 18.6 Å². The summed E-state index contributed by atoms with van der Waals surface area (Å²) in [5.74, 6) is -1.86. The molecule has 3 rings (SSSR count). The average molecular weight is 488 g/mol. The van der Waals surface area contributed by atoms with Gasteiger partial charge in [0.05, 0.1) is 28.7 Å². The van der Waals surface area contributed by atoms with Crippen LogP contribution in [-0.2, 0) is 27.0 Å². The van der Waals surface area contributed by atoms with E-state index in [4.69, 9.17) is 0 Å². The first-order valence-electron chi connectivity index (χ1n) is 9.20. The maximum atomic E-state index is 13.3. The summed E-state index contributed by atoms with van der Waals surface area (Å²) in [6, 6.07) is 0.109. The number of sulfone groups is 1. The van der Waals surface area contributed by atoms with Crippen molar-refractivity contribution in [2.24, 2.45) is 10.9 Å². The van der Waals surface area contributed by atoms with E-state index in [2.05, 4.69) is 4.99 Å². The Labute approximate surface area is 178 Å². The Bertz CT molecular complexity index is 988. The molecule has 0 saturated carbocycles. The maximum absolute atomic E-state index is 13.3. The second kappa shape index (κ2) is 7.98. The summed E-state index contributed by atoms with van der Waals surface area (Å²) in [6.45, 7) is 3.32. The molecule has 2 heterocycles. The molecule has 2 fully saturated rings. The molecule has 0 unspecified atom stereocenters. The van der Waals surface area contributed by atoms with Crippen LogP contribution >= 0.6 is 11.8 Å². The Hall–Kier alpha value is -1.76. The molecular formula is C18H18F6N2O3S2. The van der Waals surface area contributed by atoms with Crippen molar-refractivity contribution in [1.29, 1.82) is 0 Å². The van der Waals surface area contributed by atoms with Gasteiger partial charge in [-0.3, -0.25) is 4.79 Å². The Morgan fingerprint density at radius 1 is 1.13 bits per heavy atom. The van der Waals surface area contributed by atoms with Gasteiger partial charge in [-0.25, -0.2) is 8.42 Å². The Morgan fingerprint density at radius 3 is 2.16 bits per heavy atom. The van der Waals surface area contributed by atoms with Crippen LogP contribution in [0.2, 0.25) is 0 Å². The topological polar surface area (TPSA) is 66.8 Å². The minimum absolute atomic E-state index is 0.00326. The molecular weight excluding hydrogens is 470 g/mol. The quantitative estimate of drug-likeness (QED) is 0.592. The van der Waals surface area contributed by atoms with Gasteiger partial charge in [0, 0.05) is 16.9 Å². The first kappa shape index (κ1) is 23.9. The molecule has 3 atom stereocenters. The lowest BCUT2D eigenvalue weighted by atomic mass is 10.1. The van der Waals surface area contributed by atoms with Crippen LogP contribution in [0.4, 0.5) is 32.0 Å². The van der Waals surface area contributed by atoms with E-state index in [9.17, 15) is 39.6 Å². The number of carbonyl (C=O) groups excluding carboxylic acids is 1. The predicted octanol–water partition coefficient (Wildman–Crippen LogP) is 4.37. The van der Waals surface area contributed by atoms with Crippen LogP contribution < -0.4 is 4.90 Å². The lowest BCUT2D eigenvalue weighted by molar-refractivity contribution is -0.143. The van der Waals surface area contributed by atoms with E-state index < -0.39 is 67.9 Å². The highest BCUT2D eigenvalue weighted by molar-refractivity contribution is 8.16. The van der Waals surface area contributed by atoms with Gasteiger partial charge in [0.15, 0.2) is 15.0 Å². The third-order valence-electron chi connectivity index (χ3n) is 5.16. The minimum atomic E-state index is -5.06. The van der Waals surface area contributed by atoms with Gasteiger partial charge in [-0.15, -0.1) is 0 Å². The molecule has 1 amide bonds. The van der Waals surface area contributed by atoms with Crippen molar-refractivity contribution in [2.45, 2.75) is 43.9 Å². The van der Waals surface area contributed by atoms with Crippen molar-refractivity contribution in [2.75, 3.05) is 16.4 Å². The highest BCUT2D eigenvalue weighted by Crippen LogP contribution is 2.44. The van der Waals surface area contributed by atoms with Crippen LogP contribution in [-0.4, -0.2) is 42.3 Å². The van der Waals surface area contributed by atoms with Gasteiger partial charge in [-0.2, -0.15) is 31.3 Å². The lowest BCUT2D eigenvalue weighted by Gasteiger charge is -2.26. The van der Waals surface area contributed by atoms with E-state index in [0.717, 1.165) is 16.7 Å². The zero-order chi connectivity index (χ0) is 23.4. The van der Waals surface area contributed by atoms with Gasteiger partial charge in [0.25, 0.3) is 5.91 Å². The molecule has 0 N–H and O–H groups in total. The fourth-order valence-corrected chi connectivity index (χ4v) is 7.24. The smallest absolute Gasteiger partial charge is 0.316 e. The average Bonchev–Trinajstić information content (AvgIpc) is 3.09. The fourth-order valence-electron chi connectivity index (χ4n) is 3.32. The van der Waals surface area contributed by atoms with E-state index >= 15 is 0 Å². The molecule has 0 spiro atoms. The maximum Gasteiger partial charge on any atom is 0.416 e. The summed E-state index contributed by atoms with van der Waals surface area (Å²) in [5.41, 5.74) is -3.56. The van der Waals surface area contributed by atoms with Crippen LogP contribution in [0.5, 0.6) is 0 Å². The molecule has 0 aliphatic carbocycles. The second-order valence-electron chi connectivity index (χ2n) is 7.48. The van der Waals surface area contributed by atoms with E-state index in [-0.39, 0.29) is 17.0 Å². The number of fused-ring (bicyclic) bond motifs is 1. The molecule has 2 aliphatic rings. The number of thioether (sulfide) groups is 1. The Morgan fingerprint density at radius 2 is 1.68 bits per heavy atom. The number of hydrogen-bond acceptors (Lipinski definition) is 4. The van der Waals surface area contributed by atoms with Crippen LogP contribution in [0.1, 0.15) is 31.4 Å². The first-order chi connectivity index (χ1) is 14.1. The minimum Gasteiger partial charge on any atom is -0.316 e. The highest BCUT2D eigenvalue weighted by Gasteiger charge is 2.50. The molecule has 0 aromatic heterocycles. The Balaban J connectivity index is 2.17. The molecule has 31 heavy (non-hydrogen) atoms. The second-order valence-corrected chi connectivity index (χ2v) is 10.8. The van der Waals surface area contributed by atoms with Gasteiger partial charge in [-0.1, -0.05) is 25.6 Å². The molecule has 1 aromatic rings. The number of aliphatic imine (C=N–C) groups is 1. The first-order valence-corrected chi connectivity index (χ1v) is 11.9. The number of alkyl halides is 6. The monoisotopic (exact) mass is 488 g/mol. The van der Waals surface area contributed by atoms with Gasteiger partial charge in [0.2, 0.25) is 0 Å². The number of benzene rings is 1. The third kappa shape index (κ3) is 5.02. The van der Waals surface area contributed by atoms with Crippen molar-refractivity contribution in [3.63, 3.8) is 0 Å². The SMILES string of the molecule is CC[C@@H](C)C(=O)N=C1S[C@H]2CS(=O)(=O)C[C@H]2N1c1cc(C(F)(F)F)cc(C(F)(F)F)c1. The fraction of sp³-hybridized carbons (Fsp3) is 0.556. The van der Waals surface area contributed by atoms with Crippen molar-refractivity contribution in [3.05, 3.63) is 29.3 Å². The van der Waals surface area contributed by atoms with E-state index in [1.807, 2.05) is 0 Å². The van der Waals surface area contributed by atoms with Crippen LogP contribution in [0.15, 0.2) is 23.2 Å². The lowest BCUT2D eigenvalue weighted by Crippen LogP contribution is -2.38. The number of carbonyl (C=O) groups is 1. The molecule has 1 aromatic carbocycles. The number of anilines is 1. The van der Waals surface area contributed by atoms with Crippen LogP contribution in [0, 0.1) is 5.92 Å². The van der Waals surface area contributed by atoms with Gasteiger partial charge in [-0.05, 0) is 24.6 Å². The van der Waals surface area contributed by atoms with Crippen molar-refractivity contribution >= 4 is 38.4 Å². The summed E-state index contributed by atoms with van der Waals surface area (Å²) in [7, 11) is -3.54. The van der Waals surface area contributed by atoms with Gasteiger partial charge in [0.1, 0.15) is 0 Å². The largest absolute Gasteiger partial charge is 0.416 e. The normalized spacial score (nSPS) is 25.7. The summed E-state index contributed by atoms with van der Waals surface area (Å²) < 4.78 is 104. The molecule has 172 valence electrons. The highest BCUT2D eigenvalue weighted by atomic mass is 32.2.